The fraction of sp³-hybridized carbons (Fsp3) is 0.304. The molecule has 0 spiro atoms. The van der Waals surface area contributed by atoms with Crippen LogP contribution in [0.2, 0.25) is 0 Å². The molecule has 3 aromatic heterocycles. The highest BCUT2D eigenvalue weighted by molar-refractivity contribution is 5.88. The molecule has 5 rings (SSSR count). The molecule has 0 amide bonds. The highest BCUT2D eigenvalue weighted by atomic mass is 16.2. The quantitative estimate of drug-likeness (QED) is 0.485. The summed E-state index contributed by atoms with van der Waals surface area (Å²) >= 11 is 0. The van der Waals surface area contributed by atoms with Crippen LogP contribution in [-0.2, 0) is 6.54 Å². The number of pyridine rings is 1. The Balaban J connectivity index is 1.77. The number of aromatic amines is 1. The molecule has 0 radical (unpaired) electrons. The number of aryl methyl sites for hydroxylation is 2. The number of benzene rings is 1. The number of nitrogens with zero attached hydrogens (tertiary/aromatic N) is 5. The van der Waals surface area contributed by atoms with Gasteiger partial charge in [-0.3, -0.25) is 4.98 Å². The zero-order chi connectivity index (χ0) is 21.5. The van der Waals surface area contributed by atoms with Crippen molar-refractivity contribution >= 4 is 11.6 Å². The fourth-order valence-electron chi connectivity index (χ4n) is 4.21. The summed E-state index contributed by atoms with van der Waals surface area (Å²) in [6.45, 7) is 7.52. The first-order valence-electron chi connectivity index (χ1n) is 10.6. The molecule has 4 aromatic rings. The standard InChI is InChI=1S/C23H25N7O/c1-15-13-18(14-16(2)25-15)19-20(17-7-4-3-5-8-17)26-22(24)30-21(19)27-29(23(30)31)12-11-28-9-6-10-28/h3-5,7-8,13-14H,6,9-12H2,1-2H3,(H2,24,25,26,27)/p+1. The van der Waals surface area contributed by atoms with Gasteiger partial charge in [0.25, 0.3) is 0 Å². The molecule has 0 aliphatic carbocycles. The minimum absolute atomic E-state index is 0.170. The molecule has 1 fully saturated rings. The Hall–Kier alpha value is -3.52. The van der Waals surface area contributed by atoms with Gasteiger partial charge in [-0.05, 0) is 51.1 Å². The molecule has 1 aromatic carbocycles. The lowest BCUT2D eigenvalue weighted by Crippen LogP contribution is -2.46. The molecule has 8 nitrogen and oxygen atoms in total. The first-order chi connectivity index (χ1) is 15.0. The van der Waals surface area contributed by atoms with Gasteiger partial charge in [0.05, 0.1) is 12.1 Å². The summed E-state index contributed by atoms with van der Waals surface area (Å²) in [6, 6.07) is 13.9. The monoisotopic (exact) mass is 416 g/mol. The van der Waals surface area contributed by atoms with Crippen LogP contribution >= 0.6 is 0 Å². The normalized spacial score (nSPS) is 14.1. The second-order valence-electron chi connectivity index (χ2n) is 8.12. The third kappa shape index (κ3) is 3.48. The molecule has 1 aliphatic heterocycles. The second-order valence-corrected chi connectivity index (χ2v) is 8.12. The van der Waals surface area contributed by atoms with Gasteiger partial charge in [-0.15, -0.1) is 9.38 Å². The summed E-state index contributed by atoms with van der Waals surface area (Å²) in [5.41, 5.74) is 12.0. The van der Waals surface area contributed by atoms with Crippen LogP contribution in [0.4, 0.5) is 5.95 Å². The van der Waals surface area contributed by atoms with Crippen LogP contribution in [0.1, 0.15) is 17.8 Å². The predicted octanol–water partition coefficient (Wildman–Crippen LogP) is 1.94. The van der Waals surface area contributed by atoms with Gasteiger partial charge in [-0.1, -0.05) is 30.3 Å². The van der Waals surface area contributed by atoms with E-state index < -0.39 is 0 Å². The molecule has 31 heavy (non-hydrogen) atoms. The van der Waals surface area contributed by atoms with E-state index in [2.05, 4.69) is 20.0 Å². The maximum absolute atomic E-state index is 13.2. The minimum atomic E-state index is -0.205. The summed E-state index contributed by atoms with van der Waals surface area (Å²) in [7, 11) is 0. The van der Waals surface area contributed by atoms with Crippen molar-refractivity contribution in [1.29, 1.82) is 0 Å². The van der Waals surface area contributed by atoms with Crippen molar-refractivity contribution in [2.24, 2.45) is 0 Å². The van der Waals surface area contributed by atoms with Crippen LogP contribution in [0.15, 0.2) is 47.3 Å². The predicted molar refractivity (Wildman–Crippen MR) is 120 cm³/mol. The van der Waals surface area contributed by atoms with E-state index in [0.29, 0.717) is 12.2 Å². The fourth-order valence-corrected chi connectivity index (χ4v) is 4.21. The molecule has 1 aliphatic rings. The van der Waals surface area contributed by atoms with Gasteiger partial charge in [0.2, 0.25) is 5.65 Å². The van der Waals surface area contributed by atoms with E-state index in [0.717, 1.165) is 53.4 Å². The van der Waals surface area contributed by atoms with E-state index >= 15 is 0 Å². The maximum Gasteiger partial charge on any atom is 0.428 e. The number of nitrogens with two attached hydrogens (primary N) is 1. The van der Waals surface area contributed by atoms with Gasteiger partial charge in [0.1, 0.15) is 5.69 Å². The Morgan fingerprint density at radius 2 is 1.74 bits per heavy atom. The topological polar surface area (TPSA) is 96.9 Å². The van der Waals surface area contributed by atoms with Gasteiger partial charge >= 0.3 is 11.6 Å². The summed E-state index contributed by atoms with van der Waals surface area (Å²) in [5.74, 6) is 0.170. The van der Waals surface area contributed by atoms with Crippen molar-refractivity contribution in [3.63, 3.8) is 0 Å². The number of nitrogen functional groups attached to an aromatic ring is 1. The lowest BCUT2D eigenvalue weighted by atomic mass is 9.99. The zero-order valence-corrected chi connectivity index (χ0v) is 17.8. The number of anilines is 1. The van der Waals surface area contributed by atoms with E-state index in [9.17, 15) is 4.79 Å². The Morgan fingerprint density at radius 1 is 1.03 bits per heavy atom. The number of aromatic nitrogens is 5. The van der Waals surface area contributed by atoms with Gasteiger partial charge < -0.3 is 10.6 Å². The zero-order valence-electron chi connectivity index (χ0n) is 17.8. The Bertz CT molecular complexity index is 1300. The summed E-state index contributed by atoms with van der Waals surface area (Å²) in [5, 5.41) is 3.32. The van der Waals surface area contributed by atoms with Crippen molar-refractivity contribution in [3.8, 4) is 22.4 Å². The molecule has 0 saturated carbocycles. The first kappa shape index (κ1) is 19.4. The van der Waals surface area contributed by atoms with E-state index in [1.165, 1.54) is 10.8 Å². The number of hydrogen-bond donors (Lipinski definition) is 2. The third-order valence-electron chi connectivity index (χ3n) is 5.82. The summed E-state index contributed by atoms with van der Waals surface area (Å²) in [4.78, 5) is 24.7. The van der Waals surface area contributed by atoms with Gasteiger partial charge in [0, 0.05) is 23.5 Å². The average molecular weight is 417 g/mol. The minimum Gasteiger partial charge on any atom is -0.319 e. The Morgan fingerprint density at radius 3 is 2.39 bits per heavy atom. The first-order valence-corrected chi connectivity index (χ1v) is 10.6. The molecule has 3 N–H and O–H groups in total. The number of rotatable bonds is 5. The van der Waals surface area contributed by atoms with Crippen LogP contribution in [0.25, 0.3) is 28.0 Å². The molecular weight excluding hydrogens is 390 g/mol. The van der Waals surface area contributed by atoms with Gasteiger partial charge in [-0.2, -0.15) is 4.68 Å². The van der Waals surface area contributed by atoms with E-state index in [1.54, 1.807) is 4.68 Å². The number of H-pyrrole nitrogens is 1. The van der Waals surface area contributed by atoms with Gasteiger partial charge in [-0.25, -0.2) is 9.89 Å². The Kier molecular flexibility index (Phi) is 4.78. The molecule has 4 heterocycles. The van der Waals surface area contributed by atoms with Crippen LogP contribution in [0, 0.1) is 13.8 Å². The molecule has 1 saturated heterocycles. The highest BCUT2D eigenvalue weighted by Gasteiger charge is 2.26. The van der Waals surface area contributed by atoms with Crippen LogP contribution in [-0.4, -0.2) is 44.3 Å². The average Bonchev–Trinajstić information content (AvgIpc) is 3.03. The highest BCUT2D eigenvalue weighted by Crippen LogP contribution is 2.33. The maximum atomic E-state index is 13.2. The van der Waals surface area contributed by atoms with Crippen molar-refractivity contribution in [2.75, 3.05) is 25.4 Å². The summed E-state index contributed by atoms with van der Waals surface area (Å²) < 4.78 is 3.11. The summed E-state index contributed by atoms with van der Waals surface area (Å²) in [6.07, 6.45) is 1.22. The van der Waals surface area contributed by atoms with E-state index in [-0.39, 0.29) is 11.6 Å². The van der Waals surface area contributed by atoms with E-state index in [1.807, 2.05) is 56.3 Å². The lowest BCUT2D eigenvalue weighted by molar-refractivity contribution is -0.516. The van der Waals surface area contributed by atoms with Crippen LogP contribution < -0.4 is 15.8 Å². The smallest absolute Gasteiger partial charge is 0.319 e. The number of hydrogen-bond acceptors (Lipinski definition) is 5. The Labute approximate surface area is 180 Å². The molecular formula is C23H26N7O+. The second kappa shape index (κ2) is 7.63. The number of fused-ring (bicyclic) bond motifs is 1. The molecule has 158 valence electrons. The third-order valence-corrected chi connectivity index (χ3v) is 5.82. The number of nitrogens with one attached hydrogen (secondary N) is 1. The molecule has 0 unspecified atom stereocenters. The SMILES string of the molecule is Cc1cc(-c2c(-c3ccccc3)nc(N)[n+]3c(=O)n(CCN4CCC4)[nH]c23)cc(C)n1. The van der Waals surface area contributed by atoms with E-state index in [4.69, 9.17) is 5.73 Å². The lowest BCUT2D eigenvalue weighted by Gasteiger charge is -2.29. The van der Waals surface area contributed by atoms with Crippen molar-refractivity contribution in [3.05, 3.63) is 64.3 Å². The van der Waals surface area contributed by atoms with Crippen molar-refractivity contribution < 1.29 is 4.40 Å². The molecule has 8 heteroatoms. The van der Waals surface area contributed by atoms with Crippen molar-refractivity contribution in [2.45, 2.75) is 26.8 Å². The van der Waals surface area contributed by atoms with Crippen LogP contribution in [0.5, 0.6) is 0 Å². The van der Waals surface area contributed by atoms with Crippen LogP contribution in [0.3, 0.4) is 0 Å². The van der Waals surface area contributed by atoms with Crippen molar-refractivity contribution in [1.82, 2.24) is 24.6 Å². The van der Waals surface area contributed by atoms with Gasteiger partial charge in [0.15, 0.2) is 0 Å². The largest absolute Gasteiger partial charge is 0.428 e. The number of likely N-dealkylation sites (tertiary alicyclic amines) is 1. The molecule has 0 atom stereocenters. The molecule has 0 bridgehead atoms.